The molecule has 1 aromatic carbocycles. The molecule has 0 aliphatic carbocycles. The minimum atomic E-state index is 0.129. The molecule has 27 heavy (non-hydrogen) atoms. The highest BCUT2D eigenvalue weighted by atomic mass is 16.2. The van der Waals surface area contributed by atoms with Crippen LogP contribution < -0.4 is 0 Å². The third-order valence-electron chi connectivity index (χ3n) is 5.34. The van der Waals surface area contributed by atoms with Crippen LogP contribution in [0.15, 0.2) is 42.7 Å². The van der Waals surface area contributed by atoms with Crippen LogP contribution in [0.5, 0.6) is 0 Å². The SMILES string of the molecule is Cc1ccccc1C(=O)N1CC[C@H](c2nc3ccncc3n2CC(C)C)C1. The lowest BCUT2D eigenvalue weighted by Crippen LogP contribution is -2.29. The Kier molecular flexibility index (Phi) is 4.68. The van der Waals surface area contributed by atoms with Crippen molar-refractivity contribution in [2.45, 2.75) is 39.7 Å². The van der Waals surface area contributed by atoms with Gasteiger partial charge in [-0.3, -0.25) is 9.78 Å². The average molecular weight is 362 g/mol. The van der Waals surface area contributed by atoms with E-state index in [1.54, 1.807) is 6.20 Å². The summed E-state index contributed by atoms with van der Waals surface area (Å²) in [7, 11) is 0. The van der Waals surface area contributed by atoms with Gasteiger partial charge in [0.15, 0.2) is 0 Å². The first kappa shape index (κ1) is 17.7. The van der Waals surface area contributed by atoms with Crippen molar-refractivity contribution in [1.82, 2.24) is 19.4 Å². The summed E-state index contributed by atoms with van der Waals surface area (Å²) >= 11 is 0. The number of aryl methyl sites for hydroxylation is 1. The number of benzene rings is 1. The van der Waals surface area contributed by atoms with Gasteiger partial charge in [-0.05, 0) is 37.0 Å². The predicted octanol–water partition coefficient (Wildman–Crippen LogP) is 4.03. The molecular formula is C22H26N4O. The Hall–Kier alpha value is -2.69. The van der Waals surface area contributed by atoms with Gasteiger partial charge in [-0.25, -0.2) is 4.98 Å². The Balaban J connectivity index is 1.62. The second kappa shape index (κ2) is 7.14. The summed E-state index contributed by atoms with van der Waals surface area (Å²) in [5, 5.41) is 0. The molecule has 5 nitrogen and oxygen atoms in total. The number of rotatable bonds is 4. The zero-order valence-corrected chi connectivity index (χ0v) is 16.2. The fraction of sp³-hybridized carbons (Fsp3) is 0.409. The third kappa shape index (κ3) is 3.34. The number of nitrogens with zero attached hydrogens (tertiary/aromatic N) is 4. The molecule has 0 spiro atoms. The van der Waals surface area contributed by atoms with Crippen molar-refractivity contribution >= 4 is 16.9 Å². The summed E-state index contributed by atoms with van der Waals surface area (Å²) in [6, 6.07) is 9.80. The summed E-state index contributed by atoms with van der Waals surface area (Å²) in [6.07, 6.45) is 4.65. The van der Waals surface area contributed by atoms with Crippen molar-refractivity contribution in [2.75, 3.05) is 13.1 Å². The van der Waals surface area contributed by atoms with Crippen molar-refractivity contribution in [3.63, 3.8) is 0 Å². The molecule has 1 amide bonds. The van der Waals surface area contributed by atoms with Gasteiger partial charge in [-0.15, -0.1) is 0 Å². The maximum absolute atomic E-state index is 13.0. The molecule has 3 heterocycles. The highest BCUT2D eigenvalue weighted by Gasteiger charge is 2.32. The molecule has 0 unspecified atom stereocenters. The summed E-state index contributed by atoms with van der Waals surface area (Å²) in [6.45, 7) is 8.85. The van der Waals surface area contributed by atoms with Crippen LogP contribution in [0.3, 0.4) is 0 Å². The Labute approximate surface area is 160 Å². The lowest BCUT2D eigenvalue weighted by molar-refractivity contribution is 0.0789. The fourth-order valence-electron chi connectivity index (χ4n) is 4.00. The molecule has 1 atom stereocenters. The highest BCUT2D eigenvalue weighted by molar-refractivity contribution is 5.95. The van der Waals surface area contributed by atoms with E-state index in [1.807, 2.05) is 48.4 Å². The van der Waals surface area contributed by atoms with E-state index in [1.165, 1.54) is 0 Å². The molecule has 0 N–H and O–H groups in total. The number of aromatic nitrogens is 3. The summed E-state index contributed by atoms with van der Waals surface area (Å²) in [5.41, 5.74) is 3.91. The van der Waals surface area contributed by atoms with Crippen LogP contribution in [-0.2, 0) is 6.54 Å². The third-order valence-corrected chi connectivity index (χ3v) is 5.34. The van der Waals surface area contributed by atoms with Crippen molar-refractivity contribution in [3.05, 3.63) is 59.7 Å². The lowest BCUT2D eigenvalue weighted by atomic mass is 10.1. The van der Waals surface area contributed by atoms with Crippen molar-refractivity contribution in [2.24, 2.45) is 5.92 Å². The quantitative estimate of drug-likeness (QED) is 0.704. The van der Waals surface area contributed by atoms with E-state index in [4.69, 9.17) is 4.98 Å². The van der Waals surface area contributed by atoms with Gasteiger partial charge in [0.2, 0.25) is 0 Å². The van der Waals surface area contributed by atoms with Crippen molar-refractivity contribution in [3.8, 4) is 0 Å². The molecule has 4 rings (SSSR count). The number of imidazole rings is 1. The first-order valence-corrected chi connectivity index (χ1v) is 9.69. The number of likely N-dealkylation sites (tertiary alicyclic amines) is 1. The van der Waals surface area contributed by atoms with Crippen LogP contribution in [0.2, 0.25) is 0 Å². The Morgan fingerprint density at radius 2 is 2.07 bits per heavy atom. The van der Waals surface area contributed by atoms with Gasteiger partial charge in [0.05, 0.1) is 17.2 Å². The molecule has 1 saturated heterocycles. The molecule has 140 valence electrons. The molecule has 5 heteroatoms. The van der Waals surface area contributed by atoms with E-state index < -0.39 is 0 Å². The molecule has 1 aliphatic heterocycles. The Morgan fingerprint density at radius 1 is 1.26 bits per heavy atom. The van der Waals surface area contributed by atoms with Crippen LogP contribution in [0, 0.1) is 12.8 Å². The molecule has 3 aromatic rings. The largest absolute Gasteiger partial charge is 0.338 e. The Morgan fingerprint density at radius 3 is 2.85 bits per heavy atom. The highest BCUT2D eigenvalue weighted by Crippen LogP contribution is 2.31. The minimum Gasteiger partial charge on any atom is -0.338 e. The maximum Gasteiger partial charge on any atom is 0.254 e. The van der Waals surface area contributed by atoms with E-state index in [0.717, 1.165) is 54.0 Å². The summed E-state index contributed by atoms with van der Waals surface area (Å²) in [5.74, 6) is 2.01. The van der Waals surface area contributed by atoms with E-state index in [9.17, 15) is 4.79 Å². The second-order valence-electron chi connectivity index (χ2n) is 7.89. The molecule has 1 aliphatic rings. The minimum absolute atomic E-state index is 0.129. The van der Waals surface area contributed by atoms with Crippen molar-refractivity contribution in [1.29, 1.82) is 0 Å². The molecule has 0 radical (unpaired) electrons. The van der Waals surface area contributed by atoms with Gasteiger partial charge in [-0.2, -0.15) is 0 Å². The van der Waals surface area contributed by atoms with Crippen LogP contribution in [0.4, 0.5) is 0 Å². The molecule has 2 aromatic heterocycles. The molecular weight excluding hydrogens is 336 g/mol. The molecule has 1 fully saturated rings. The van der Waals surface area contributed by atoms with Gasteiger partial charge >= 0.3 is 0 Å². The van der Waals surface area contributed by atoms with E-state index in [2.05, 4.69) is 23.4 Å². The van der Waals surface area contributed by atoms with Crippen LogP contribution in [-0.4, -0.2) is 38.4 Å². The number of hydrogen-bond acceptors (Lipinski definition) is 3. The maximum atomic E-state index is 13.0. The Bertz CT molecular complexity index is 975. The van der Waals surface area contributed by atoms with E-state index in [0.29, 0.717) is 5.92 Å². The average Bonchev–Trinajstić information content (AvgIpc) is 3.27. The first-order chi connectivity index (χ1) is 13.0. The fourth-order valence-corrected chi connectivity index (χ4v) is 4.00. The van der Waals surface area contributed by atoms with Gasteiger partial charge in [0.1, 0.15) is 5.82 Å². The predicted molar refractivity (Wildman–Crippen MR) is 107 cm³/mol. The van der Waals surface area contributed by atoms with Crippen LogP contribution in [0.25, 0.3) is 11.0 Å². The summed E-state index contributed by atoms with van der Waals surface area (Å²) in [4.78, 5) is 24.1. The normalized spacial score (nSPS) is 17.2. The lowest BCUT2D eigenvalue weighted by Gasteiger charge is -2.19. The van der Waals surface area contributed by atoms with Gasteiger partial charge in [0.25, 0.3) is 5.91 Å². The number of carbonyl (C=O) groups excluding carboxylic acids is 1. The number of carbonyl (C=O) groups is 1. The first-order valence-electron chi connectivity index (χ1n) is 9.69. The number of fused-ring (bicyclic) bond motifs is 1. The standard InChI is InChI=1S/C22H26N4O/c1-15(2)13-26-20-12-23-10-8-19(20)24-21(26)17-9-11-25(14-17)22(27)18-7-5-4-6-16(18)3/h4-8,10,12,15,17H,9,11,13-14H2,1-3H3/t17-/m0/s1. The van der Waals surface area contributed by atoms with Crippen molar-refractivity contribution < 1.29 is 4.79 Å². The van der Waals surface area contributed by atoms with E-state index in [-0.39, 0.29) is 11.8 Å². The van der Waals surface area contributed by atoms with Crippen LogP contribution in [0.1, 0.15) is 47.9 Å². The van der Waals surface area contributed by atoms with Gasteiger partial charge < -0.3 is 9.47 Å². The molecule has 0 bridgehead atoms. The number of hydrogen-bond donors (Lipinski definition) is 0. The second-order valence-corrected chi connectivity index (χ2v) is 7.89. The van der Waals surface area contributed by atoms with Crippen LogP contribution >= 0.6 is 0 Å². The zero-order chi connectivity index (χ0) is 19.0. The van der Waals surface area contributed by atoms with Gasteiger partial charge in [-0.1, -0.05) is 32.0 Å². The number of pyridine rings is 1. The monoisotopic (exact) mass is 362 g/mol. The van der Waals surface area contributed by atoms with E-state index >= 15 is 0 Å². The smallest absolute Gasteiger partial charge is 0.254 e. The topological polar surface area (TPSA) is 51.0 Å². The summed E-state index contributed by atoms with van der Waals surface area (Å²) < 4.78 is 2.30. The number of amides is 1. The van der Waals surface area contributed by atoms with Gasteiger partial charge in [0, 0.05) is 37.3 Å². The molecule has 0 saturated carbocycles. The zero-order valence-electron chi connectivity index (χ0n) is 16.2.